The number of nitrogens with zero attached hydrogens (tertiary/aromatic N) is 2. The normalized spacial score (nSPS) is 10.5. The van der Waals surface area contributed by atoms with Gasteiger partial charge in [-0.2, -0.15) is 0 Å². The number of benzene rings is 2. The molecule has 0 spiro atoms. The van der Waals surface area contributed by atoms with Gasteiger partial charge in [-0.3, -0.25) is 0 Å². The van der Waals surface area contributed by atoms with E-state index in [1.54, 1.807) is 30.2 Å². The van der Waals surface area contributed by atoms with Gasteiger partial charge in [0.1, 0.15) is 11.5 Å². The minimum absolute atomic E-state index is 0.707. The van der Waals surface area contributed by atoms with Crippen molar-refractivity contribution >= 4 is 28.2 Å². The number of anilines is 1. The highest BCUT2D eigenvalue weighted by Gasteiger charge is 2.05. The lowest BCUT2D eigenvalue weighted by molar-refractivity contribution is 0.318. The van der Waals surface area contributed by atoms with Crippen molar-refractivity contribution in [1.82, 2.24) is 10.2 Å². The van der Waals surface area contributed by atoms with Crippen molar-refractivity contribution in [3.8, 4) is 11.5 Å². The van der Waals surface area contributed by atoms with E-state index in [0.29, 0.717) is 13.2 Å². The third-order valence-corrected chi connectivity index (χ3v) is 5.64. The summed E-state index contributed by atoms with van der Waals surface area (Å²) in [7, 11) is 1.67. The quantitative estimate of drug-likeness (QED) is 0.401. The predicted octanol–water partition coefficient (Wildman–Crippen LogP) is 4.72. The van der Waals surface area contributed by atoms with E-state index in [9.17, 15) is 0 Å². The number of hydrogen-bond donors (Lipinski definition) is 1. The molecule has 3 aromatic rings. The molecule has 0 fully saturated rings. The van der Waals surface area contributed by atoms with Crippen molar-refractivity contribution in [1.29, 1.82) is 0 Å². The second-order valence-corrected chi connectivity index (χ2v) is 7.76. The number of ether oxygens (including phenoxy) is 2. The number of para-hydroxylation sites is 1. The largest absolute Gasteiger partial charge is 0.497 e. The Balaban J connectivity index is 1.35. The van der Waals surface area contributed by atoms with E-state index < -0.39 is 0 Å². The van der Waals surface area contributed by atoms with Crippen molar-refractivity contribution in [2.75, 3.05) is 24.8 Å². The molecule has 7 heteroatoms. The first-order chi connectivity index (χ1) is 12.8. The molecule has 0 amide bonds. The Morgan fingerprint density at radius 3 is 2.58 bits per heavy atom. The van der Waals surface area contributed by atoms with Gasteiger partial charge >= 0.3 is 0 Å². The Labute approximate surface area is 161 Å². The van der Waals surface area contributed by atoms with Gasteiger partial charge in [0.25, 0.3) is 0 Å². The molecule has 1 aromatic heterocycles. The summed E-state index contributed by atoms with van der Waals surface area (Å²) in [4.78, 5) is 0. The summed E-state index contributed by atoms with van der Waals surface area (Å²) >= 11 is 3.29. The van der Waals surface area contributed by atoms with Gasteiger partial charge in [0, 0.05) is 12.3 Å². The van der Waals surface area contributed by atoms with E-state index in [4.69, 9.17) is 9.47 Å². The van der Waals surface area contributed by atoms with Crippen LogP contribution in [0.5, 0.6) is 11.5 Å². The van der Waals surface area contributed by atoms with E-state index in [-0.39, 0.29) is 0 Å². The summed E-state index contributed by atoms with van der Waals surface area (Å²) in [6.07, 6.45) is 0.966. The molecule has 0 saturated heterocycles. The van der Waals surface area contributed by atoms with Crippen LogP contribution < -0.4 is 14.8 Å². The number of aromatic nitrogens is 2. The number of hydrogen-bond acceptors (Lipinski definition) is 7. The molecule has 0 aliphatic heterocycles. The van der Waals surface area contributed by atoms with Gasteiger partial charge in [-0.1, -0.05) is 53.4 Å². The molecule has 0 unspecified atom stereocenters. The molecule has 1 N–H and O–H groups in total. The molecule has 5 nitrogen and oxygen atoms in total. The van der Waals surface area contributed by atoms with Gasteiger partial charge in [0.05, 0.1) is 13.7 Å². The van der Waals surface area contributed by atoms with Crippen molar-refractivity contribution in [2.24, 2.45) is 0 Å². The molecular weight excluding hydrogens is 366 g/mol. The summed E-state index contributed by atoms with van der Waals surface area (Å²) in [5.41, 5.74) is 1.17. The fraction of sp³-hybridized carbons (Fsp3) is 0.263. The molecule has 3 rings (SSSR count). The predicted molar refractivity (Wildman–Crippen MR) is 108 cm³/mol. The lowest BCUT2D eigenvalue weighted by Gasteiger charge is -2.04. The molecule has 0 radical (unpaired) electrons. The summed E-state index contributed by atoms with van der Waals surface area (Å²) in [6, 6.07) is 17.9. The Kier molecular flexibility index (Phi) is 7.15. The first-order valence-corrected chi connectivity index (χ1v) is 10.1. The lowest BCUT2D eigenvalue weighted by atomic mass is 10.2. The van der Waals surface area contributed by atoms with Crippen LogP contribution in [0.4, 0.5) is 5.13 Å². The summed E-state index contributed by atoms with van der Waals surface area (Å²) in [5.74, 6) is 2.73. The van der Waals surface area contributed by atoms with E-state index in [0.717, 1.165) is 33.1 Å². The highest BCUT2D eigenvalue weighted by Crippen LogP contribution is 2.26. The molecule has 26 heavy (non-hydrogen) atoms. The van der Waals surface area contributed by atoms with Gasteiger partial charge < -0.3 is 14.8 Å². The molecule has 136 valence electrons. The average molecular weight is 388 g/mol. The van der Waals surface area contributed by atoms with E-state index in [1.165, 1.54) is 5.56 Å². The van der Waals surface area contributed by atoms with Gasteiger partial charge in [-0.15, -0.1) is 10.2 Å². The molecule has 0 bridgehead atoms. The van der Waals surface area contributed by atoms with Gasteiger partial charge in [0.2, 0.25) is 5.13 Å². The SMILES string of the molecule is COc1ccc(CNc2nnc(SCCCOc3ccccc3)s2)cc1. The van der Waals surface area contributed by atoms with Crippen molar-refractivity contribution in [2.45, 2.75) is 17.3 Å². The first-order valence-electron chi connectivity index (χ1n) is 8.34. The molecular formula is C19H21N3O2S2. The molecule has 0 saturated carbocycles. The average Bonchev–Trinajstić information content (AvgIpc) is 3.15. The summed E-state index contributed by atoms with van der Waals surface area (Å²) < 4.78 is 11.8. The van der Waals surface area contributed by atoms with Crippen LogP contribution in [-0.4, -0.2) is 29.7 Å². The van der Waals surface area contributed by atoms with E-state index >= 15 is 0 Å². The van der Waals surface area contributed by atoms with Crippen LogP contribution in [0.2, 0.25) is 0 Å². The molecule has 2 aromatic carbocycles. The topological polar surface area (TPSA) is 56.3 Å². The molecule has 0 aliphatic carbocycles. The zero-order chi connectivity index (χ0) is 18.0. The number of thioether (sulfide) groups is 1. The number of nitrogens with one attached hydrogen (secondary N) is 1. The monoisotopic (exact) mass is 387 g/mol. The lowest BCUT2D eigenvalue weighted by Crippen LogP contribution is -1.98. The summed E-state index contributed by atoms with van der Waals surface area (Å²) in [5, 5.41) is 12.6. The highest BCUT2D eigenvalue weighted by molar-refractivity contribution is 8.01. The highest BCUT2D eigenvalue weighted by atomic mass is 32.2. The Morgan fingerprint density at radius 1 is 1.00 bits per heavy atom. The maximum absolute atomic E-state index is 5.69. The van der Waals surface area contributed by atoms with Gasteiger partial charge in [0.15, 0.2) is 4.34 Å². The smallest absolute Gasteiger partial charge is 0.206 e. The minimum Gasteiger partial charge on any atom is -0.497 e. The molecule has 0 aliphatic rings. The molecule has 1 heterocycles. The third kappa shape index (κ3) is 5.93. The van der Waals surface area contributed by atoms with Crippen molar-refractivity contribution in [3.05, 3.63) is 60.2 Å². The maximum Gasteiger partial charge on any atom is 0.206 e. The van der Waals surface area contributed by atoms with E-state index in [2.05, 4.69) is 15.5 Å². The van der Waals surface area contributed by atoms with Crippen LogP contribution >= 0.6 is 23.1 Å². The van der Waals surface area contributed by atoms with Crippen LogP contribution in [0.25, 0.3) is 0 Å². The van der Waals surface area contributed by atoms with Gasteiger partial charge in [-0.05, 0) is 36.2 Å². The van der Waals surface area contributed by atoms with Gasteiger partial charge in [-0.25, -0.2) is 0 Å². The first kappa shape index (κ1) is 18.5. The van der Waals surface area contributed by atoms with Crippen LogP contribution in [-0.2, 0) is 6.54 Å². The zero-order valence-electron chi connectivity index (χ0n) is 14.6. The maximum atomic E-state index is 5.69. The van der Waals surface area contributed by atoms with E-state index in [1.807, 2.05) is 54.6 Å². The Morgan fingerprint density at radius 2 is 1.81 bits per heavy atom. The third-order valence-electron chi connectivity index (χ3n) is 3.54. The van der Waals surface area contributed by atoms with Crippen molar-refractivity contribution in [3.63, 3.8) is 0 Å². The van der Waals surface area contributed by atoms with Crippen LogP contribution in [0, 0.1) is 0 Å². The second kappa shape index (κ2) is 10.0. The fourth-order valence-electron chi connectivity index (χ4n) is 2.19. The Hall–Kier alpha value is -2.25. The summed E-state index contributed by atoms with van der Waals surface area (Å²) in [6.45, 7) is 1.42. The van der Waals surface area contributed by atoms with Crippen LogP contribution in [0.3, 0.4) is 0 Å². The van der Waals surface area contributed by atoms with Crippen LogP contribution in [0.15, 0.2) is 58.9 Å². The van der Waals surface area contributed by atoms with Crippen molar-refractivity contribution < 1.29 is 9.47 Å². The zero-order valence-corrected chi connectivity index (χ0v) is 16.2. The second-order valence-electron chi connectivity index (χ2n) is 5.44. The Bertz CT molecular complexity index is 779. The molecule has 0 atom stereocenters. The number of methoxy groups -OCH3 is 1. The van der Waals surface area contributed by atoms with Crippen LogP contribution in [0.1, 0.15) is 12.0 Å². The minimum atomic E-state index is 0.707. The standard InChI is InChI=1S/C19H21N3O2S2/c1-23-16-10-8-15(9-11-16)14-20-18-21-22-19(26-18)25-13-5-12-24-17-6-3-2-4-7-17/h2-4,6-11H,5,12-14H2,1H3,(H,20,21). The number of rotatable bonds is 10. The fourth-order valence-corrected chi connectivity index (χ4v) is 3.92.